The van der Waals surface area contributed by atoms with E-state index in [1.165, 1.54) is 6.33 Å². The van der Waals surface area contributed by atoms with Crippen molar-refractivity contribution in [3.63, 3.8) is 0 Å². The molecule has 0 aliphatic rings. The minimum atomic E-state index is 0.534. The van der Waals surface area contributed by atoms with Gasteiger partial charge in [-0.2, -0.15) is 0 Å². The number of aromatic nitrogens is 3. The van der Waals surface area contributed by atoms with Crippen LogP contribution in [0, 0.1) is 0 Å². The molecular weight excluding hydrogens is 198 g/mol. The molecular formula is C10H10ClN3. The lowest BCUT2D eigenvalue weighted by molar-refractivity contribution is 1.04. The summed E-state index contributed by atoms with van der Waals surface area (Å²) >= 11 is 5.98. The van der Waals surface area contributed by atoms with Crippen molar-refractivity contribution in [3.05, 3.63) is 35.4 Å². The predicted molar refractivity (Wildman–Crippen MR) is 56.2 cm³/mol. The summed E-state index contributed by atoms with van der Waals surface area (Å²) in [4.78, 5) is 11.3. The van der Waals surface area contributed by atoms with E-state index in [1.54, 1.807) is 0 Å². The molecule has 0 atom stereocenters. The summed E-state index contributed by atoms with van der Waals surface area (Å²) in [6.45, 7) is 2.04. The van der Waals surface area contributed by atoms with Gasteiger partial charge in [0.1, 0.15) is 11.5 Å². The van der Waals surface area contributed by atoms with Crippen LogP contribution >= 0.6 is 11.6 Å². The molecule has 0 radical (unpaired) electrons. The molecule has 0 saturated carbocycles. The normalized spacial score (nSPS) is 10.4. The van der Waals surface area contributed by atoms with Crippen molar-refractivity contribution >= 4 is 11.6 Å². The molecule has 0 saturated heterocycles. The van der Waals surface area contributed by atoms with Crippen LogP contribution in [0.1, 0.15) is 12.5 Å². The van der Waals surface area contributed by atoms with E-state index in [-0.39, 0.29) is 0 Å². The Bertz CT molecular complexity index is 423. The molecule has 0 fully saturated rings. The molecule has 0 spiro atoms. The van der Waals surface area contributed by atoms with E-state index in [9.17, 15) is 0 Å². The van der Waals surface area contributed by atoms with E-state index in [4.69, 9.17) is 11.6 Å². The molecule has 2 aromatic heterocycles. The first-order valence-corrected chi connectivity index (χ1v) is 4.84. The Morgan fingerprint density at radius 3 is 2.93 bits per heavy atom. The quantitative estimate of drug-likeness (QED) is 0.770. The number of aromatic amines is 1. The van der Waals surface area contributed by atoms with Crippen molar-refractivity contribution in [2.75, 3.05) is 0 Å². The summed E-state index contributed by atoms with van der Waals surface area (Å²) in [7, 11) is 0. The smallest absolute Gasteiger partial charge is 0.136 e. The maximum absolute atomic E-state index is 5.98. The Morgan fingerprint density at radius 1 is 1.43 bits per heavy atom. The third-order valence-electron chi connectivity index (χ3n) is 2.10. The summed E-state index contributed by atoms with van der Waals surface area (Å²) < 4.78 is 0. The fourth-order valence-corrected chi connectivity index (χ4v) is 1.68. The zero-order valence-corrected chi connectivity index (χ0v) is 8.54. The van der Waals surface area contributed by atoms with Crippen LogP contribution in [-0.2, 0) is 6.42 Å². The summed E-state index contributed by atoms with van der Waals surface area (Å²) in [6, 6.07) is 3.91. The molecule has 0 bridgehead atoms. The molecule has 1 N–H and O–H groups in total. The van der Waals surface area contributed by atoms with Gasteiger partial charge in [-0.1, -0.05) is 18.5 Å². The van der Waals surface area contributed by atoms with Crippen LogP contribution in [0.15, 0.2) is 24.7 Å². The van der Waals surface area contributed by atoms with Crippen LogP contribution in [0.5, 0.6) is 0 Å². The number of hydrogen-bond acceptors (Lipinski definition) is 2. The predicted octanol–water partition coefficient (Wildman–Crippen LogP) is 2.69. The third kappa shape index (κ3) is 1.51. The van der Waals surface area contributed by atoms with Crippen LogP contribution < -0.4 is 0 Å². The first-order chi connectivity index (χ1) is 6.83. The standard InChI is InChI=1S/C10H10ClN3/c1-2-7-9(8-4-3-5-12-8)13-6-14-10(7)11/h3-6,12H,2H2,1H3. The van der Waals surface area contributed by atoms with Gasteiger partial charge in [0.2, 0.25) is 0 Å². The van der Waals surface area contributed by atoms with Gasteiger partial charge in [-0.05, 0) is 18.6 Å². The highest BCUT2D eigenvalue weighted by Gasteiger charge is 2.09. The van der Waals surface area contributed by atoms with Gasteiger partial charge in [0.15, 0.2) is 0 Å². The van der Waals surface area contributed by atoms with Crippen molar-refractivity contribution < 1.29 is 0 Å². The average Bonchev–Trinajstić information content (AvgIpc) is 2.70. The van der Waals surface area contributed by atoms with E-state index < -0.39 is 0 Å². The molecule has 0 aliphatic heterocycles. The summed E-state index contributed by atoms with van der Waals surface area (Å²) in [5, 5.41) is 0.534. The highest BCUT2D eigenvalue weighted by Crippen LogP contribution is 2.24. The summed E-state index contributed by atoms with van der Waals surface area (Å²) in [5.74, 6) is 0. The van der Waals surface area contributed by atoms with Gasteiger partial charge < -0.3 is 4.98 Å². The molecule has 14 heavy (non-hydrogen) atoms. The zero-order valence-electron chi connectivity index (χ0n) is 7.79. The topological polar surface area (TPSA) is 41.6 Å². The van der Waals surface area contributed by atoms with E-state index >= 15 is 0 Å². The van der Waals surface area contributed by atoms with Crippen molar-refractivity contribution in [3.8, 4) is 11.4 Å². The van der Waals surface area contributed by atoms with Crippen molar-refractivity contribution in [1.29, 1.82) is 0 Å². The Labute approximate surface area is 87.2 Å². The lowest BCUT2D eigenvalue weighted by atomic mass is 10.1. The van der Waals surface area contributed by atoms with Crippen LogP contribution in [0.4, 0.5) is 0 Å². The number of rotatable bonds is 2. The molecule has 2 aromatic rings. The number of H-pyrrole nitrogens is 1. The Kier molecular flexibility index (Phi) is 2.50. The van der Waals surface area contributed by atoms with Gasteiger partial charge in [-0.25, -0.2) is 9.97 Å². The molecule has 2 rings (SSSR count). The highest BCUT2D eigenvalue weighted by molar-refractivity contribution is 6.30. The minimum absolute atomic E-state index is 0.534. The number of hydrogen-bond donors (Lipinski definition) is 1. The number of nitrogens with one attached hydrogen (secondary N) is 1. The summed E-state index contributed by atoms with van der Waals surface area (Å²) in [6.07, 6.45) is 4.18. The second-order valence-electron chi connectivity index (χ2n) is 2.93. The third-order valence-corrected chi connectivity index (χ3v) is 2.43. The van der Waals surface area contributed by atoms with Crippen LogP contribution in [0.2, 0.25) is 5.15 Å². The maximum atomic E-state index is 5.98. The monoisotopic (exact) mass is 207 g/mol. The molecule has 2 heterocycles. The van der Waals surface area contributed by atoms with Crippen LogP contribution in [-0.4, -0.2) is 15.0 Å². The van der Waals surface area contributed by atoms with Gasteiger partial charge in [0.05, 0.1) is 11.4 Å². The highest BCUT2D eigenvalue weighted by atomic mass is 35.5. The van der Waals surface area contributed by atoms with E-state index in [2.05, 4.69) is 15.0 Å². The van der Waals surface area contributed by atoms with Gasteiger partial charge in [-0.15, -0.1) is 0 Å². The molecule has 0 aromatic carbocycles. The zero-order chi connectivity index (χ0) is 9.97. The molecule has 0 unspecified atom stereocenters. The van der Waals surface area contributed by atoms with Gasteiger partial charge in [-0.3, -0.25) is 0 Å². The fraction of sp³-hybridized carbons (Fsp3) is 0.200. The number of nitrogens with zero attached hydrogens (tertiary/aromatic N) is 2. The fourth-order valence-electron chi connectivity index (χ4n) is 1.41. The SMILES string of the molecule is CCc1c(Cl)ncnc1-c1ccc[nH]1. The van der Waals surface area contributed by atoms with Crippen LogP contribution in [0.25, 0.3) is 11.4 Å². The van der Waals surface area contributed by atoms with Gasteiger partial charge in [0, 0.05) is 11.8 Å². The van der Waals surface area contributed by atoms with Crippen molar-refractivity contribution in [1.82, 2.24) is 15.0 Å². The Hall–Kier alpha value is -1.35. The maximum Gasteiger partial charge on any atom is 0.136 e. The van der Waals surface area contributed by atoms with E-state index in [0.29, 0.717) is 5.15 Å². The molecule has 72 valence electrons. The second kappa shape index (κ2) is 3.80. The molecule has 0 amide bonds. The van der Waals surface area contributed by atoms with Crippen molar-refractivity contribution in [2.24, 2.45) is 0 Å². The van der Waals surface area contributed by atoms with Gasteiger partial charge in [0.25, 0.3) is 0 Å². The molecule has 0 aliphatic carbocycles. The second-order valence-corrected chi connectivity index (χ2v) is 3.29. The van der Waals surface area contributed by atoms with Gasteiger partial charge >= 0.3 is 0 Å². The summed E-state index contributed by atoms with van der Waals surface area (Å²) in [5.41, 5.74) is 2.85. The van der Waals surface area contributed by atoms with Crippen molar-refractivity contribution in [2.45, 2.75) is 13.3 Å². The number of halogens is 1. The van der Waals surface area contributed by atoms with E-state index in [0.717, 1.165) is 23.4 Å². The Balaban J connectivity index is 2.58. The Morgan fingerprint density at radius 2 is 2.29 bits per heavy atom. The first-order valence-electron chi connectivity index (χ1n) is 4.46. The first kappa shape index (κ1) is 9.21. The largest absolute Gasteiger partial charge is 0.360 e. The van der Waals surface area contributed by atoms with E-state index in [1.807, 2.05) is 25.3 Å². The molecule has 4 heteroatoms. The average molecular weight is 208 g/mol. The van der Waals surface area contributed by atoms with Crippen LogP contribution in [0.3, 0.4) is 0 Å². The lowest BCUT2D eigenvalue weighted by Crippen LogP contribution is -1.95. The lowest BCUT2D eigenvalue weighted by Gasteiger charge is -2.05. The minimum Gasteiger partial charge on any atom is -0.360 e. The molecule has 3 nitrogen and oxygen atoms in total.